The van der Waals surface area contributed by atoms with E-state index in [1.807, 2.05) is 6.07 Å². The van der Waals surface area contributed by atoms with Crippen LogP contribution in [-0.4, -0.2) is 29.1 Å². The van der Waals surface area contributed by atoms with Gasteiger partial charge in [-0.05, 0) is 55.0 Å². The van der Waals surface area contributed by atoms with Gasteiger partial charge in [-0.25, -0.2) is 4.98 Å². The normalized spacial score (nSPS) is 11.5. The molecule has 0 aliphatic rings. The Hall–Kier alpha value is -4.65. The first-order chi connectivity index (χ1) is 17.3. The molecule has 0 saturated carbocycles. The molecule has 10 heteroatoms. The summed E-state index contributed by atoms with van der Waals surface area (Å²) in [5.74, 6) is 0.698. The molecule has 0 bridgehead atoms. The van der Waals surface area contributed by atoms with Crippen molar-refractivity contribution in [2.45, 2.75) is 13.1 Å². The fraction of sp³-hybridized carbons (Fsp3) is 0.154. The summed E-state index contributed by atoms with van der Waals surface area (Å²) in [4.78, 5) is 17.7. The van der Waals surface area contributed by atoms with Gasteiger partial charge in [-0.15, -0.1) is 0 Å². The van der Waals surface area contributed by atoms with E-state index in [2.05, 4.69) is 10.1 Å². The van der Waals surface area contributed by atoms with Crippen molar-refractivity contribution in [3.05, 3.63) is 88.2 Å². The lowest BCUT2D eigenvalue weighted by Crippen LogP contribution is -2.20. The van der Waals surface area contributed by atoms with Crippen LogP contribution in [-0.2, 0) is 6.18 Å². The fourth-order valence-electron chi connectivity index (χ4n) is 3.48. The number of benzene rings is 3. The molecule has 0 saturated heterocycles. The Morgan fingerprint density at radius 1 is 1.06 bits per heavy atom. The van der Waals surface area contributed by atoms with Crippen LogP contribution >= 0.6 is 0 Å². The van der Waals surface area contributed by atoms with Crippen molar-refractivity contribution in [3.8, 4) is 29.0 Å². The van der Waals surface area contributed by atoms with Crippen molar-refractivity contribution in [1.82, 2.24) is 9.66 Å². The number of fused-ring (bicyclic) bond motifs is 1. The predicted molar refractivity (Wildman–Crippen MR) is 128 cm³/mol. The van der Waals surface area contributed by atoms with Crippen LogP contribution in [0.25, 0.3) is 22.3 Å². The van der Waals surface area contributed by atoms with Gasteiger partial charge in [0.05, 0.1) is 29.3 Å². The lowest BCUT2D eigenvalue weighted by molar-refractivity contribution is -0.137. The molecule has 0 fully saturated rings. The summed E-state index contributed by atoms with van der Waals surface area (Å²) in [5, 5.41) is 13.3. The van der Waals surface area contributed by atoms with E-state index in [4.69, 9.17) is 14.7 Å². The van der Waals surface area contributed by atoms with Gasteiger partial charge in [-0.3, -0.25) is 4.79 Å². The van der Waals surface area contributed by atoms with E-state index >= 15 is 0 Å². The fourth-order valence-corrected chi connectivity index (χ4v) is 3.48. The van der Waals surface area contributed by atoms with Gasteiger partial charge >= 0.3 is 6.18 Å². The molecule has 36 heavy (non-hydrogen) atoms. The standard InChI is InChI=1S/C26H19F3N4O3/c1-2-35-23-14-17(10-11-22(23)36-13-12-30)16-31-33-24(18-6-5-7-19(15-18)26(27,28)29)32-21-9-4-3-8-20(21)25(33)34/h3-11,14-16H,2,13H2,1H3. The van der Waals surface area contributed by atoms with Gasteiger partial charge in [0.1, 0.15) is 6.07 Å². The van der Waals surface area contributed by atoms with Crippen LogP contribution in [0.4, 0.5) is 13.2 Å². The van der Waals surface area contributed by atoms with Crippen LogP contribution in [0.1, 0.15) is 18.1 Å². The lowest BCUT2D eigenvalue weighted by atomic mass is 10.1. The van der Waals surface area contributed by atoms with Gasteiger partial charge < -0.3 is 9.47 Å². The molecule has 3 aromatic carbocycles. The van der Waals surface area contributed by atoms with Crippen LogP contribution in [0, 0.1) is 11.3 Å². The number of nitrogens with zero attached hydrogens (tertiary/aromatic N) is 4. The molecule has 0 aliphatic heterocycles. The van der Waals surface area contributed by atoms with E-state index in [1.165, 1.54) is 18.3 Å². The van der Waals surface area contributed by atoms with E-state index in [9.17, 15) is 18.0 Å². The molecule has 0 radical (unpaired) electrons. The molecule has 0 spiro atoms. The van der Waals surface area contributed by atoms with Crippen molar-refractivity contribution in [2.75, 3.05) is 13.2 Å². The average Bonchev–Trinajstić information content (AvgIpc) is 2.87. The molecule has 0 amide bonds. The number of aromatic nitrogens is 2. The van der Waals surface area contributed by atoms with Gasteiger partial charge in [-0.2, -0.15) is 28.2 Å². The van der Waals surface area contributed by atoms with Gasteiger partial charge in [0.2, 0.25) is 0 Å². The Balaban J connectivity index is 1.84. The average molecular weight is 492 g/mol. The van der Waals surface area contributed by atoms with Gasteiger partial charge in [-0.1, -0.05) is 24.3 Å². The van der Waals surface area contributed by atoms with Crippen LogP contribution in [0.3, 0.4) is 0 Å². The zero-order valence-corrected chi connectivity index (χ0v) is 19.0. The summed E-state index contributed by atoms with van der Waals surface area (Å²) >= 11 is 0. The maximum Gasteiger partial charge on any atom is 0.416 e. The number of hydrogen-bond donors (Lipinski definition) is 0. The van der Waals surface area contributed by atoms with E-state index in [-0.39, 0.29) is 23.4 Å². The molecule has 4 rings (SSSR count). The molecule has 0 atom stereocenters. The SMILES string of the molecule is CCOc1cc(C=Nn2c(-c3cccc(C(F)(F)F)c3)nc3ccccc3c2=O)ccc1OCC#N. The smallest absolute Gasteiger partial charge is 0.416 e. The van der Waals surface area contributed by atoms with Crippen molar-refractivity contribution in [3.63, 3.8) is 0 Å². The van der Waals surface area contributed by atoms with Crippen LogP contribution in [0.5, 0.6) is 11.5 Å². The topological polar surface area (TPSA) is 89.5 Å². The molecule has 1 aromatic heterocycles. The first-order valence-corrected chi connectivity index (χ1v) is 10.8. The quantitative estimate of drug-likeness (QED) is 0.328. The summed E-state index contributed by atoms with van der Waals surface area (Å²) in [5.41, 5.74) is -0.465. The van der Waals surface area contributed by atoms with E-state index in [1.54, 1.807) is 49.4 Å². The molecule has 4 aromatic rings. The minimum absolute atomic E-state index is 0.0416. The molecule has 0 unspecified atom stereocenters. The van der Waals surface area contributed by atoms with Crippen molar-refractivity contribution >= 4 is 17.1 Å². The Bertz CT molecular complexity index is 1540. The summed E-state index contributed by atoms with van der Waals surface area (Å²) in [7, 11) is 0. The highest BCUT2D eigenvalue weighted by molar-refractivity contribution is 5.82. The van der Waals surface area contributed by atoms with Gasteiger partial charge in [0.25, 0.3) is 5.56 Å². The monoisotopic (exact) mass is 492 g/mol. The minimum atomic E-state index is -4.56. The minimum Gasteiger partial charge on any atom is -0.490 e. The summed E-state index contributed by atoms with van der Waals surface area (Å²) in [6, 6.07) is 17.8. The number of halogens is 3. The maximum atomic E-state index is 13.3. The van der Waals surface area contributed by atoms with E-state index < -0.39 is 17.3 Å². The predicted octanol–water partition coefficient (Wildman–Crippen LogP) is 5.27. The molecule has 0 N–H and O–H groups in total. The third kappa shape index (κ3) is 5.20. The molecule has 1 heterocycles. The Labute approximate surface area is 203 Å². The van der Waals surface area contributed by atoms with Gasteiger partial charge in [0.15, 0.2) is 23.9 Å². The summed E-state index contributed by atoms with van der Waals surface area (Å²) in [6.07, 6.45) is -3.20. The molecule has 0 aliphatic carbocycles. The second kappa shape index (κ2) is 10.3. The second-order valence-corrected chi connectivity index (χ2v) is 7.48. The first-order valence-electron chi connectivity index (χ1n) is 10.8. The number of rotatable bonds is 7. The summed E-state index contributed by atoms with van der Waals surface area (Å²) in [6.45, 7) is 1.97. The zero-order valence-electron chi connectivity index (χ0n) is 19.0. The number of para-hydroxylation sites is 1. The Kier molecular flexibility index (Phi) is 7.01. The number of nitriles is 1. The Morgan fingerprint density at radius 2 is 1.86 bits per heavy atom. The third-order valence-corrected chi connectivity index (χ3v) is 5.08. The van der Waals surface area contributed by atoms with Crippen LogP contribution in [0.2, 0.25) is 0 Å². The Morgan fingerprint density at radius 3 is 2.61 bits per heavy atom. The number of alkyl halides is 3. The number of ether oxygens (including phenoxy) is 2. The lowest BCUT2D eigenvalue weighted by Gasteiger charge is -2.12. The van der Waals surface area contributed by atoms with Crippen molar-refractivity contribution in [2.24, 2.45) is 5.10 Å². The first kappa shape index (κ1) is 24.5. The zero-order chi connectivity index (χ0) is 25.7. The van der Waals surface area contributed by atoms with Crippen LogP contribution < -0.4 is 15.0 Å². The molecular weight excluding hydrogens is 473 g/mol. The van der Waals surface area contributed by atoms with Crippen molar-refractivity contribution < 1.29 is 22.6 Å². The highest BCUT2D eigenvalue weighted by Gasteiger charge is 2.31. The largest absolute Gasteiger partial charge is 0.490 e. The van der Waals surface area contributed by atoms with Gasteiger partial charge in [0, 0.05) is 5.56 Å². The number of hydrogen-bond acceptors (Lipinski definition) is 6. The molecule has 182 valence electrons. The highest BCUT2D eigenvalue weighted by atomic mass is 19.4. The maximum absolute atomic E-state index is 13.3. The third-order valence-electron chi connectivity index (χ3n) is 5.08. The second-order valence-electron chi connectivity index (χ2n) is 7.48. The van der Waals surface area contributed by atoms with E-state index in [0.29, 0.717) is 29.2 Å². The van der Waals surface area contributed by atoms with Crippen LogP contribution in [0.15, 0.2) is 76.6 Å². The molecular formula is C26H19F3N4O3. The van der Waals surface area contributed by atoms with Crippen molar-refractivity contribution in [1.29, 1.82) is 5.26 Å². The molecule has 7 nitrogen and oxygen atoms in total. The van der Waals surface area contributed by atoms with E-state index in [0.717, 1.165) is 16.8 Å². The summed E-state index contributed by atoms with van der Waals surface area (Å²) < 4.78 is 51.9. The highest BCUT2D eigenvalue weighted by Crippen LogP contribution is 2.32.